The van der Waals surface area contributed by atoms with E-state index >= 15 is 0 Å². The normalized spacial score (nSPS) is 25.5. The maximum absolute atomic E-state index is 11.2. The lowest BCUT2D eigenvalue weighted by molar-refractivity contribution is 0.0759. The van der Waals surface area contributed by atoms with Crippen molar-refractivity contribution >= 4 is 28.6 Å². The molecule has 2 aliphatic rings. The number of hydrogen-bond donors (Lipinski definition) is 2. The Bertz CT molecular complexity index is 1180. The van der Waals surface area contributed by atoms with Gasteiger partial charge in [0.15, 0.2) is 11.5 Å². The maximum Gasteiger partial charge on any atom is 0.168 e. The second kappa shape index (κ2) is 8.10. The van der Waals surface area contributed by atoms with Crippen molar-refractivity contribution in [2.75, 3.05) is 30.4 Å². The molecule has 2 aliphatic heterocycles. The predicted molar refractivity (Wildman–Crippen MR) is 126 cm³/mol. The Hall–Kier alpha value is -2.54. The first-order valence-electron chi connectivity index (χ1n) is 11.0. The number of aromatic amines is 1. The number of thioether (sulfide) groups is 1. The molecule has 3 aromatic rings. The van der Waals surface area contributed by atoms with Gasteiger partial charge in [-0.25, -0.2) is 4.98 Å². The Morgan fingerprint density at radius 1 is 1.38 bits per heavy atom. The van der Waals surface area contributed by atoms with Gasteiger partial charge >= 0.3 is 0 Å². The highest BCUT2D eigenvalue weighted by atomic mass is 32.2. The zero-order valence-corrected chi connectivity index (χ0v) is 19.4. The van der Waals surface area contributed by atoms with Crippen molar-refractivity contribution in [3.05, 3.63) is 30.1 Å². The van der Waals surface area contributed by atoms with Crippen LogP contribution in [-0.4, -0.2) is 72.0 Å². The summed E-state index contributed by atoms with van der Waals surface area (Å²) >= 11 is 1.89. The Labute approximate surface area is 191 Å². The molecule has 0 aromatic carbocycles. The molecule has 2 N–H and O–H groups in total. The van der Waals surface area contributed by atoms with E-state index in [-0.39, 0.29) is 10.8 Å². The minimum absolute atomic E-state index is 0.00907. The largest absolute Gasteiger partial charge is 0.378 e. The van der Waals surface area contributed by atoms with E-state index in [4.69, 9.17) is 9.72 Å². The molecule has 2 saturated heterocycles. The number of aromatic nitrogens is 5. The van der Waals surface area contributed by atoms with Gasteiger partial charge in [0.25, 0.3) is 0 Å². The third kappa shape index (κ3) is 4.10. The molecule has 168 valence electrons. The zero-order chi connectivity index (χ0) is 22.3. The molecule has 2 fully saturated rings. The number of pyridine rings is 1. The number of anilines is 1. The number of morpholine rings is 1. The van der Waals surface area contributed by atoms with Crippen LogP contribution in [0.15, 0.2) is 24.5 Å². The molecule has 0 amide bonds. The quantitative estimate of drug-likeness (QED) is 0.578. The first-order chi connectivity index (χ1) is 15.3. The molecule has 1 unspecified atom stereocenters. The number of fused-ring (bicyclic) bond motifs is 1. The van der Waals surface area contributed by atoms with Crippen LogP contribution in [0, 0.1) is 11.8 Å². The zero-order valence-electron chi connectivity index (χ0n) is 18.6. The molecule has 5 rings (SSSR count). The molecule has 5 heterocycles. The van der Waals surface area contributed by atoms with E-state index in [1.807, 2.05) is 23.9 Å². The lowest BCUT2D eigenvalue weighted by Crippen LogP contribution is -2.44. The highest BCUT2D eigenvalue weighted by Gasteiger charge is 2.37. The van der Waals surface area contributed by atoms with E-state index in [2.05, 4.69) is 52.8 Å². The fraction of sp³-hybridized carbons (Fsp3) is 0.522. The summed E-state index contributed by atoms with van der Waals surface area (Å²) in [6.07, 6.45) is 4.79. The van der Waals surface area contributed by atoms with Gasteiger partial charge in [-0.2, -0.15) is 26.6 Å². The van der Waals surface area contributed by atoms with Crippen LogP contribution in [0.3, 0.4) is 0 Å². The number of aliphatic hydroxyl groups is 1. The molecule has 8 nitrogen and oxygen atoms in total. The average Bonchev–Trinajstić information content (AvgIpc) is 3.41. The van der Waals surface area contributed by atoms with Crippen molar-refractivity contribution in [2.24, 2.45) is 0 Å². The molecular formula is C23H28N6O2S. The SMILES string of the molecule is C[C@@H]1COCCN1c1cc(C#CC2(O)CCSC(C)(C)C2)c2cnn(-c3ccn[nH]3)c2n1. The summed E-state index contributed by atoms with van der Waals surface area (Å²) in [7, 11) is 0. The summed E-state index contributed by atoms with van der Waals surface area (Å²) in [5, 5.41) is 23.6. The summed E-state index contributed by atoms with van der Waals surface area (Å²) in [4.78, 5) is 7.19. The van der Waals surface area contributed by atoms with Gasteiger partial charge in [-0.15, -0.1) is 0 Å². The molecule has 3 aromatic heterocycles. The van der Waals surface area contributed by atoms with Gasteiger partial charge in [-0.05, 0) is 25.2 Å². The second-order valence-corrected chi connectivity index (χ2v) is 11.0. The van der Waals surface area contributed by atoms with E-state index in [1.165, 1.54) is 0 Å². The van der Waals surface area contributed by atoms with Gasteiger partial charge in [-0.1, -0.05) is 25.7 Å². The molecule has 0 saturated carbocycles. The summed E-state index contributed by atoms with van der Waals surface area (Å²) < 4.78 is 7.37. The molecular weight excluding hydrogens is 424 g/mol. The third-order valence-electron chi connectivity index (χ3n) is 6.06. The standard InChI is InChI=1S/C23H28N6O2S/c1-16-14-31-10-9-28(16)20-12-17(4-6-23(30)7-11-32-22(2,3)15-23)18-13-25-29(21(18)26-20)19-5-8-24-27-19/h5,8,12-13,16,30H,7,9-11,14-15H2,1-3H3,(H,24,27)/t16-,23?/m1/s1. The number of hydrogen-bond acceptors (Lipinski definition) is 7. The van der Waals surface area contributed by atoms with Crippen LogP contribution in [-0.2, 0) is 4.74 Å². The van der Waals surface area contributed by atoms with Gasteiger partial charge in [0, 0.05) is 29.3 Å². The second-order valence-electron chi connectivity index (χ2n) is 9.20. The van der Waals surface area contributed by atoms with Crippen LogP contribution in [0.1, 0.15) is 39.2 Å². The van der Waals surface area contributed by atoms with Crippen LogP contribution in [0.5, 0.6) is 0 Å². The fourth-order valence-electron chi connectivity index (χ4n) is 4.48. The van der Waals surface area contributed by atoms with Gasteiger partial charge in [0.1, 0.15) is 11.4 Å². The van der Waals surface area contributed by atoms with E-state index in [1.54, 1.807) is 17.1 Å². The number of rotatable bonds is 2. The van der Waals surface area contributed by atoms with E-state index in [0.29, 0.717) is 31.7 Å². The number of nitrogens with zero attached hydrogens (tertiary/aromatic N) is 5. The Balaban J connectivity index is 1.62. The smallest absolute Gasteiger partial charge is 0.168 e. The van der Waals surface area contributed by atoms with Crippen molar-refractivity contribution in [2.45, 2.75) is 50.0 Å². The Kier molecular flexibility index (Phi) is 5.40. The van der Waals surface area contributed by atoms with Crippen molar-refractivity contribution in [1.82, 2.24) is 25.0 Å². The monoisotopic (exact) mass is 452 g/mol. The molecule has 9 heteroatoms. The Morgan fingerprint density at radius 2 is 2.25 bits per heavy atom. The topological polar surface area (TPSA) is 92.1 Å². The van der Waals surface area contributed by atoms with Crippen LogP contribution in [0.25, 0.3) is 16.9 Å². The number of ether oxygens (including phenoxy) is 1. The molecule has 0 radical (unpaired) electrons. The summed E-state index contributed by atoms with van der Waals surface area (Å²) in [5.41, 5.74) is 0.538. The van der Waals surface area contributed by atoms with E-state index < -0.39 is 5.60 Å². The summed E-state index contributed by atoms with van der Waals surface area (Å²) in [5.74, 6) is 8.99. The highest BCUT2D eigenvalue weighted by molar-refractivity contribution is 8.00. The van der Waals surface area contributed by atoms with Crippen LogP contribution in [0.4, 0.5) is 5.82 Å². The van der Waals surface area contributed by atoms with Crippen molar-refractivity contribution in [1.29, 1.82) is 0 Å². The fourth-order valence-corrected chi connectivity index (χ4v) is 5.81. The minimum Gasteiger partial charge on any atom is -0.378 e. The van der Waals surface area contributed by atoms with Crippen molar-refractivity contribution in [3.63, 3.8) is 0 Å². The van der Waals surface area contributed by atoms with Crippen LogP contribution in [0.2, 0.25) is 0 Å². The van der Waals surface area contributed by atoms with Crippen LogP contribution >= 0.6 is 11.8 Å². The van der Waals surface area contributed by atoms with Crippen molar-refractivity contribution < 1.29 is 9.84 Å². The highest BCUT2D eigenvalue weighted by Crippen LogP contribution is 2.40. The molecule has 2 atom stereocenters. The van der Waals surface area contributed by atoms with Gasteiger partial charge < -0.3 is 14.7 Å². The van der Waals surface area contributed by atoms with Gasteiger partial charge in [-0.3, -0.25) is 5.10 Å². The van der Waals surface area contributed by atoms with Crippen molar-refractivity contribution in [3.8, 4) is 17.7 Å². The van der Waals surface area contributed by atoms with E-state index in [0.717, 1.165) is 34.9 Å². The lowest BCUT2D eigenvalue weighted by Gasteiger charge is -2.37. The van der Waals surface area contributed by atoms with Gasteiger partial charge in [0.05, 0.1) is 37.0 Å². The first kappa shape index (κ1) is 21.3. The lowest BCUT2D eigenvalue weighted by atomic mass is 9.89. The first-order valence-corrected chi connectivity index (χ1v) is 11.9. The molecule has 0 spiro atoms. The molecule has 32 heavy (non-hydrogen) atoms. The summed E-state index contributed by atoms with van der Waals surface area (Å²) in [6.45, 7) is 8.55. The third-order valence-corrected chi connectivity index (χ3v) is 7.39. The number of nitrogens with one attached hydrogen (secondary N) is 1. The Morgan fingerprint density at radius 3 is 3.00 bits per heavy atom. The molecule has 0 bridgehead atoms. The van der Waals surface area contributed by atoms with Crippen LogP contribution < -0.4 is 4.90 Å². The molecule has 0 aliphatic carbocycles. The summed E-state index contributed by atoms with van der Waals surface area (Å²) in [6, 6.07) is 4.08. The van der Waals surface area contributed by atoms with E-state index in [9.17, 15) is 5.11 Å². The maximum atomic E-state index is 11.2. The average molecular weight is 453 g/mol. The minimum atomic E-state index is -0.990. The predicted octanol–water partition coefficient (Wildman–Crippen LogP) is 2.76. The number of H-pyrrole nitrogens is 1. The van der Waals surface area contributed by atoms with Gasteiger partial charge in [0.2, 0.25) is 0 Å².